The van der Waals surface area contributed by atoms with Gasteiger partial charge in [0.05, 0.1) is 29.1 Å². The maximum Gasteiger partial charge on any atom is 0.424 e. The summed E-state index contributed by atoms with van der Waals surface area (Å²) >= 11 is 1.24. The minimum Gasteiger partial charge on any atom is -0.494 e. The molecule has 0 saturated heterocycles. The molecule has 0 radical (unpaired) electrons. The van der Waals surface area contributed by atoms with Gasteiger partial charge in [0, 0.05) is 16.7 Å². The summed E-state index contributed by atoms with van der Waals surface area (Å²) < 4.78 is 83.2. The third kappa shape index (κ3) is 5.01. The van der Waals surface area contributed by atoms with E-state index in [1.807, 2.05) is 0 Å². The van der Waals surface area contributed by atoms with Crippen LogP contribution in [0, 0.1) is 12.7 Å². The first-order valence-electron chi connectivity index (χ1n) is 12.6. The highest BCUT2D eigenvalue weighted by Gasteiger charge is 2.58. The number of hydrogen-bond acceptors (Lipinski definition) is 8. The highest BCUT2D eigenvalue weighted by molar-refractivity contribution is 7.18. The average Bonchev–Trinajstić information content (AvgIpc) is 3.54. The van der Waals surface area contributed by atoms with Gasteiger partial charge in [-0.2, -0.15) is 13.2 Å². The smallest absolute Gasteiger partial charge is 0.424 e. The van der Waals surface area contributed by atoms with Crippen molar-refractivity contribution in [3.8, 4) is 22.8 Å². The van der Waals surface area contributed by atoms with Crippen LogP contribution in [0.1, 0.15) is 26.6 Å². The molecule has 226 valence electrons. The number of nitrogens with two attached hydrogens (primary N) is 1. The van der Waals surface area contributed by atoms with Gasteiger partial charge in [-0.1, -0.05) is 0 Å². The number of fused-ring (bicyclic) bond motifs is 2. The summed E-state index contributed by atoms with van der Waals surface area (Å²) in [5, 5.41) is 13.9. The maximum absolute atomic E-state index is 14.6. The number of carbonyl (C=O) groups excluding carboxylic acids is 2. The number of primary amides is 1. The number of aliphatic hydroxyl groups is 1. The largest absolute Gasteiger partial charge is 0.494 e. The zero-order valence-corrected chi connectivity index (χ0v) is 23.3. The van der Waals surface area contributed by atoms with Crippen molar-refractivity contribution in [1.82, 2.24) is 15.3 Å². The summed E-state index contributed by atoms with van der Waals surface area (Å²) in [6.45, 7) is -1.76. The number of ether oxygens (including phenoxy) is 2. The second-order valence-corrected chi connectivity index (χ2v) is 11.1. The van der Waals surface area contributed by atoms with Crippen molar-refractivity contribution >= 4 is 33.4 Å². The summed E-state index contributed by atoms with van der Waals surface area (Å²) in [6, 6.07) is 7.79. The number of halogens is 5. The molecular weight excluding hydrogens is 599 g/mol. The molecule has 2 amide bonds. The Morgan fingerprint density at radius 2 is 1.88 bits per heavy atom. The summed E-state index contributed by atoms with van der Waals surface area (Å²) in [6.07, 6.45) is -5.44. The normalized spacial score (nSPS) is 17.7. The van der Waals surface area contributed by atoms with Crippen LogP contribution in [-0.2, 0) is 15.8 Å². The Labute approximate surface area is 244 Å². The van der Waals surface area contributed by atoms with Crippen LogP contribution < -0.4 is 20.5 Å². The van der Waals surface area contributed by atoms with Gasteiger partial charge in [0.25, 0.3) is 5.91 Å². The zero-order valence-electron chi connectivity index (χ0n) is 22.5. The van der Waals surface area contributed by atoms with Gasteiger partial charge < -0.3 is 25.6 Å². The number of aryl methyl sites for hydroxylation is 1. The lowest BCUT2D eigenvalue weighted by Gasteiger charge is -2.31. The fourth-order valence-corrected chi connectivity index (χ4v) is 5.63. The first-order valence-corrected chi connectivity index (χ1v) is 13.4. The van der Waals surface area contributed by atoms with E-state index < -0.39 is 60.3 Å². The SMILES string of the molecule is COc1cc(C(=O)NCC(O)(c2cc3c(c(-c4ccc(F)cc4)n2)OC[C@]3(CF)C(N)=O)C(F)(F)F)cc2sc(C)nc12. The van der Waals surface area contributed by atoms with Crippen LogP contribution in [0.2, 0.25) is 0 Å². The molecule has 4 aromatic rings. The van der Waals surface area contributed by atoms with Crippen molar-refractivity contribution in [3.63, 3.8) is 0 Å². The van der Waals surface area contributed by atoms with E-state index in [0.717, 1.165) is 12.1 Å². The Balaban J connectivity index is 1.61. The minimum absolute atomic E-state index is 0.0486. The van der Waals surface area contributed by atoms with Gasteiger partial charge in [0.15, 0.2) is 0 Å². The average molecular weight is 623 g/mol. The van der Waals surface area contributed by atoms with Crippen LogP contribution >= 0.6 is 11.3 Å². The number of methoxy groups -OCH3 is 1. The second-order valence-electron chi connectivity index (χ2n) is 9.91. The van der Waals surface area contributed by atoms with Crippen molar-refractivity contribution in [1.29, 1.82) is 0 Å². The molecule has 1 aliphatic heterocycles. The van der Waals surface area contributed by atoms with Gasteiger partial charge in [0.2, 0.25) is 11.5 Å². The minimum atomic E-state index is -5.44. The number of rotatable bonds is 8. The van der Waals surface area contributed by atoms with Crippen molar-refractivity contribution in [2.75, 3.05) is 26.9 Å². The monoisotopic (exact) mass is 622 g/mol. The number of alkyl halides is 4. The molecule has 2 aromatic carbocycles. The number of nitrogens with one attached hydrogen (secondary N) is 1. The number of amides is 2. The Bertz CT molecular complexity index is 1750. The quantitative estimate of drug-likeness (QED) is 0.252. The fraction of sp³-hybridized carbons (Fsp3) is 0.286. The van der Waals surface area contributed by atoms with E-state index in [2.05, 4.69) is 15.3 Å². The zero-order chi connectivity index (χ0) is 31.3. The van der Waals surface area contributed by atoms with Crippen molar-refractivity contribution in [2.24, 2.45) is 5.73 Å². The molecule has 2 aromatic heterocycles. The topological polar surface area (TPSA) is 137 Å². The molecule has 0 aliphatic carbocycles. The van der Waals surface area contributed by atoms with Gasteiger partial charge in [-0.05, 0) is 49.4 Å². The van der Waals surface area contributed by atoms with E-state index in [-0.39, 0.29) is 33.9 Å². The van der Waals surface area contributed by atoms with Crippen LogP contribution in [-0.4, -0.2) is 60.0 Å². The third-order valence-electron chi connectivity index (χ3n) is 7.22. The lowest BCUT2D eigenvalue weighted by molar-refractivity contribution is -0.265. The number of aromatic nitrogens is 2. The summed E-state index contributed by atoms with van der Waals surface area (Å²) in [5.74, 6) is -2.89. The first kappa shape index (κ1) is 30.1. The maximum atomic E-state index is 14.6. The number of pyridine rings is 1. The molecule has 5 rings (SSSR count). The molecule has 9 nitrogen and oxygen atoms in total. The molecule has 0 fully saturated rings. The number of thiazole rings is 1. The number of hydrogen-bond donors (Lipinski definition) is 3. The predicted octanol–water partition coefficient (Wildman–Crippen LogP) is 4.08. The Morgan fingerprint density at radius 1 is 1.19 bits per heavy atom. The molecule has 1 aliphatic rings. The van der Waals surface area contributed by atoms with Crippen LogP contribution in [0.25, 0.3) is 21.5 Å². The van der Waals surface area contributed by atoms with Crippen LogP contribution in [0.15, 0.2) is 42.5 Å². The van der Waals surface area contributed by atoms with Crippen molar-refractivity contribution in [3.05, 3.63) is 70.1 Å². The molecule has 0 spiro atoms. The summed E-state index contributed by atoms with van der Waals surface area (Å²) in [4.78, 5) is 33.7. The van der Waals surface area contributed by atoms with Gasteiger partial charge in [-0.3, -0.25) is 9.59 Å². The van der Waals surface area contributed by atoms with Crippen molar-refractivity contribution < 1.29 is 46.1 Å². The molecule has 0 bridgehead atoms. The van der Waals surface area contributed by atoms with Gasteiger partial charge in [-0.15, -0.1) is 11.3 Å². The van der Waals surface area contributed by atoms with E-state index in [0.29, 0.717) is 21.3 Å². The Kier molecular flexibility index (Phi) is 7.50. The molecule has 43 heavy (non-hydrogen) atoms. The van der Waals surface area contributed by atoms with E-state index in [4.69, 9.17) is 15.2 Å². The molecule has 4 N–H and O–H groups in total. The molecule has 3 heterocycles. The number of benzene rings is 2. The van der Waals surface area contributed by atoms with Crippen LogP contribution in [0.3, 0.4) is 0 Å². The van der Waals surface area contributed by atoms with E-state index in [1.54, 1.807) is 6.92 Å². The fourth-order valence-electron chi connectivity index (χ4n) is 4.75. The highest BCUT2D eigenvalue weighted by atomic mass is 32.1. The van der Waals surface area contributed by atoms with Crippen LogP contribution in [0.5, 0.6) is 11.5 Å². The molecule has 0 saturated carbocycles. The lowest BCUT2D eigenvalue weighted by Crippen LogP contribution is -2.52. The standard InChI is InChI=1S/C28H23F5N4O5S/c1-13-36-22-18(41-2)7-15(8-19(22)43-13)24(38)35-11-27(40,28(31,32)33)20-9-17-23(42-12-26(17,10-29)25(34)39)21(37-20)14-3-5-16(30)6-4-14/h3-9,40H,10-12H2,1-2H3,(H2,34,39)(H,35,38)/t26-,27?/m0/s1. The second kappa shape index (κ2) is 10.7. The van der Waals surface area contributed by atoms with Gasteiger partial charge in [-0.25, -0.2) is 18.7 Å². The highest BCUT2D eigenvalue weighted by Crippen LogP contribution is 2.48. The van der Waals surface area contributed by atoms with E-state index in [9.17, 15) is 36.6 Å². The van der Waals surface area contributed by atoms with E-state index >= 15 is 0 Å². The molecule has 2 atom stereocenters. The lowest BCUT2D eigenvalue weighted by atomic mass is 9.81. The van der Waals surface area contributed by atoms with Gasteiger partial charge in [0.1, 0.15) is 47.2 Å². The Hall–Kier alpha value is -4.37. The number of nitrogens with zero attached hydrogens (tertiary/aromatic N) is 2. The summed E-state index contributed by atoms with van der Waals surface area (Å²) in [5.41, 5.74) is -1.90. The molecule has 1 unspecified atom stereocenters. The van der Waals surface area contributed by atoms with Crippen LogP contribution in [0.4, 0.5) is 22.0 Å². The predicted molar refractivity (Wildman–Crippen MR) is 145 cm³/mol. The molecule has 15 heteroatoms. The summed E-state index contributed by atoms with van der Waals surface area (Å²) in [7, 11) is 1.35. The van der Waals surface area contributed by atoms with E-state index in [1.165, 1.54) is 42.7 Å². The van der Waals surface area contributed by atoms with Gasteiger partial charge >= 0.3 is 6.18 Å². The third-order valence-corrected chi connectivity index (χ3v) is 8.13. The van der Waals surface area contributed by atoms with Crippen molar-refractivity contribution in [2.45, 2.75) is 24.1 Å². The first-order chi connectivity index (χ1) is 20.2. The molecular formula is C28H23F5N4O5S. The Morgan fingerprint density at radius 3 is 2.49 bits per heavy atom. The number of carbonyl (C=O) groups is 2.